The minimum Gasteiger partial charge on any atom is -0.496 e. The van der Waals surface area contributed by atoms with Gasteiger partial charge in [0.1, 0.15) is 5.75 Å². The van der Waals surface area contributed by atoms with Gasteiger partial charge in [-0.1, -0.05) is 0 Å². The Kier molecular flexibility index (Phi) is 2.33. The molecule has 0 radical (unpaired) electrons. The second kappa shape index (κ2) is 3.50. The van der Waals surface area contributed by atoms with Gasteiger partial charge in [-0.25, -0.2) is 0 Å². The van der Waals surface area contributed by atoms with Crippen LogP contribution in [0.5, 0.6) is 5.75 Å². The van der Waals surface area contributed by atoms with Crippen molar-refractivity contribution in [2.45, 2.75) is 20.0 Å². The van der Waals surface area contributed by atoms with E-state index >= 15 is 0 Å². The standard InChI is InChI=1S/C11H15NO2/c1-7-5-10(14-2)9(6-13)8-3-4-12-11(7)8/h5,12-13H,3-4,6H2,1-2H3. The van der Waals surface area contributed by atoms with E-state index < -0.39 is 0 Å². The number of hydrogen-bond acceptors (Lipinski definition) is 3. The second-order valence-corrected chi connectivity index (χ2v) is 3.56. The molecule has 76 valence electrons. The molecule has 1 aliphatic rings. The lowest BCUT2D eigenvalue weighted by Gasteiger charge is -2.13. The van der Waals surface area contributed by atoms with Crippen molar-refractivity contribution >= 4 is 5.69 Å². The molecule has 0 aliphatic carbocycles. The summed E-state index contributed by atoms with van der Waals surface area (Å²) < 4.78 is 5.25. The van der Waals surface area contributed by atoms with Gasteiger partial charge < -0.3 is 15.2 Å². The van der Waals surface area contributed by atoms with Crippen molar-refractivity contribution < 1.29 is 9.84 Å². The van der Waals surface area contributed by atoms with Gasteiger partial charge in [-0.05, 0) is 30.5 Å². The normalized spacial score (nSPS) is 13.6. The van der Waals surface area contributed by atoms with E-state index in [9.17, 15) is 5.11 Å². The second-order valence-electron chi connectivity index (χ2n) is 3.56. The molecule has 3 heteroatoms. The molecule has 0 aromatic heterocycles. The molecular formula is C11H15NO2. The number of aliphatic hydroxyl groups is 1. The first-order chi connectivity index (χ1) is 6.77. The molecule has 14 heavy (non-hydrogen) atoms. The van der Waals surface area contributed by atoms with Crippen LogP contribution in [0.3, 0.4) is 0 Å². The van der Waals surface area contributed by atoms with Gasteiger partial charge in [0.05, 0.1) is 13.7 Å². The molecule has 2 rings (SSSR count). The fourth-order valence-corrected chi connectivity index (χ4v) is 2.08. The molecule has 0 saturated carbocycles. The van der Waals surface area contributed by atoms with E-state index in [0.29, 0.717) is 0 Å². The van der Waals surface area contributed by atoms with Crippen LogP contribution in [0.2, 0.25) is 0 Å². The summed E-state index contributed by atoms with van der Waals surface area (Å²) >= 11 is 0. The Morgan fingerprint density at radius 1 is 1.57 bits per heavy atom. The third-order valence-corrected chi connectivity index (χ3v) is 2.76. The Morgan fingerprint density at radius 2 is 2.36 bits per heavy atom. The van der Waals surface area contributed by atoms with E-state index in [-0.39, 0.29) is 6.61 Å². The summed E-state index contributed by atoms with van der Waals surface area (Å²) in [4.78, 5) is 0. The zero-order valence-corrected chi connectivity index (χ0v) is 8.55. The third-order valence-electron chi connectivity index (χ3n) is 2.76. The van der Waals surface area contributed by atoms with E-state index in [1.165, 1.54) is 16.8 Å². The van der Waals surface area contributed by atoms with Gasteiger partial charge in [-0.2, -0.15) is 0 Å². The van der Waals surface area contributed by atoms with Crippen LogP contribution in [0.15, 0.2) is 6.07 Å². The molecule has 0 bridgehead atoms. The molecule has 3 nitrogen and oxygen atoms in total. The zero-order chi connectivity index (χ0) is 10.1. The van der Waals surface area contributed by atoms with Crippen LogP contribution < -0.4 is 10.1 Å². The quantitative estimate of drug-likeness (QED) is 0.747. The summed E-state index contributed by atoms with van der Waals surface area (Å²) in [6, 6.07) is 1.97. The number of ether oxygens (including phenoxy) is 1. The highest BCUT2D eigenvalue weighted by atomic mass is 16.5. The van der Waals surface area contributed by atoms with Crippen molar-refractivity contribution in [1.82, 2.24) is 0 Å². The van der Waals surface area contributed by atoms with Crippen LogP contribution in [0.25, 0.3) is 0 Å². The first-order valence-electron chi connectivity index (χ1n) is 4.82. The van der Waals surface area contributed by atoms with Crippen LogP contribution >= 0.6 is 0 Å². The first-order valence-corrected chi connectivity index (χ1v) is 4.82. The lowest BCUT2D eigenvalue weighted by molar-refractivity contribution is 0.272. The van der Waals surface area contributed by atoms with E-state index in [4.69, 9.17) is 4.74 Å². The van der Waals surface area contributed by atoms with Gasteiger partial charge in [0.25, 0.3) is 0 Å². The smallest absolute Gasteiger partial charge is 0.125 e. The van der Waals surface area contributed by atoms with Gasteiger partial charge in [0, 0.05) is 17.8 Å². The fourth-order valence-electron chi connectivity index (χ4n) is 2.08. The van der Waals surface area contributed by atoms with Crippen LogP contribution in [0, 0.1) is 6.92 Å². The fraction of sp³-hybridized carbons (Fsp3) is 0.455. The molecule has 0 fully saturated rings. The maximum Gasteiger partial charge on any atom is 0.125 e. The highest BCUT2D eigenvalue weighted by molar-refractivity contribution is 5.66. The van der Waals surface area contributed by atoms with E-state index in [1.54, 1.807) is 7.11 Å². The number of methoxy groups -OCH3 is 1. The monoisotopic (exact) mass is 193 g/mol. The Labute approximate surface area is 83.7 Å². The molecule has 1 aliphatic heterocycles. The van der Waals surface area contributed by atoms with Crippen molar-refractivity contribution in [2.24, 2.45) is 0 Å². The van der Waals surface area contributed by atoms with Crippen molar-refractivity contribution in [3.63, 3.8) is 0 Å². The molecule has 2 N–H and O–H groups in total. The molecule has 0 unspecified atom stereocenters. The topological polar surface area (TPSA) is 41.5 Å². The van der Waals surface area contributed by atoms with Gasteiger partial charge in [-0.15, -0.1) is 0 Å². The summed E-state index contributed by atoms with van der Waals surface area (Å²) in [7, 11) is 1.64. The molecule has 1 aromatic rings. The van der Waals surface area contributed by atoms with Crippen molar-refractivity contribution in [1.29, 1.82) is 0 Å². The molecule has 0 atom stereocenters. The first kappa shape index (κ1) is 9.34. The highest BCUT2D eigenvalue weighted by Crippen LogP contribution is 2.35. The van der Waals surface area contributed by atoms with Crippen LogP contribution in [0.1, 0.15) is 16.7 Å². The number of rotatable bonds is 2. The van der Waals surface area contributed by atoms with Crippen LogP contribution in [0.4, 0.5) is 5.69 Å². The average molecular weight is 193 g/mol. The number of benzene rings is 1. The number of anilines is 1. The van der Waals surface area contributed by atoms with E-state index in [2.05, 4.69) is 12.2 Å². The number of hydrogen-bond donors (Lipinski definition) is 2. The molecule has 0 amide bonds. The van der Waals surface area contributed by atoms with Crippen molar-refractivity contribution in [3.05, 3.63) is 22.8 Å². The summed E-state index contributed by atoms with van der Waals surface area (Å²) in [5, 5.41) is 12.6. The minimum absolute atomic E-state index is 0.0491. The maximum absolute atomic E-state index is 9.30. The molecular weight excluding hydrogens is 178 g/mol. The average Bonchev–Trinajstić information content (AvgIpc) is 2.66. The van der Waals surface area contributed by atoms with Crippen LogP contribution in [-0.4, -0.2) is 18.8 Å². The molecule has 1 heterocycles. The Bertz CT molecular complexity index is 361. The summed E-state index contributed by atoms with van der Waals surface area (Å²) in [6.07, 6.45) is 0.975. The molecule has 0 saturated heterocycles. The largest absolute Gasteiger partial charge is 0.496 e. The Balaban J connectivity index is 2.62. The van der Waals surface area contributed by atoms with Crippen molar-refractivity contribution in [2.75, 3.05) is 19.0 Å². The predicted molar refractivity (Wildman–Crippen MR) is 55.8 cm³/mol. The van der Waals surface area contributed by atoms with Gasteiger partial charge in [0.15, 0.2) is 0 Å². The minimum atomic E-state index is 0.0491. The van der Waals surface area contributed by atoms with Crippen LogP contribution in [-0.2, 0) is 13.0 Å². The number of aliphatic hydroxyl groups excluding tert-OH is 1. The summed E-state index contributed by atoms with van der Waals surface area (Å²) in [5.74, 6) is 0.799. The molecule has 0 spiro atoms. The lowest BCUT2D eigenvalue weighted by Crippen LogP contribution is -1.98. The molecule has 1 aromatic carbocycles. The number of nitrogens with one attached hydrogen (secondary N) is 1. The zero-order valence-electron chi connectivity index (χ0n) is 8.55. The number of aryl methyl sites for hydroxylation is 1. The Morgan fingerprint density at radius 3 is 3.00 bits per heavy atom. The summed E-state index contributed by atoms with van der Waals surface area (Å²) in [6.45, 7) is 3.06. The highest BCUT2D eigenvalue weighted by Gasteiger charge is 2.19. The lowest BCUT2D eigenvalue weighted by atomic mass is 10.0. The van der Waals surface area contributed by atoms with Crippen molar-refractivity contribution in [3.8, 4) is 5.75 Å². The predicted octanol–water partition coefficient (Wildman–Crippen LogP) is 1.46. The van der Waals surface area contributed by atoms with Gasteiger partial charge in [-0.3, -0.25) is 0 Å². The Hall–Kier alpha value is -1.22. The van der Waals surface area contributed by atoms with E-state index in [0.717, 1.165) is 24.3 Å². The summed E-state index contributed by atoms with van der Waals surface area (Å²) in [5.41, 5.74) is 4.50. The third kappa shape index (κ3) is 1.24. The SMILES string of the molecule is COc1cc(C)c2c(c1CO)CCN2. The maximum atomic E-state index is 9.30. The van der Waals surface area contributed by atoms with E-state index in [1.807, 2.05) is 6.07 Å². The number of fused-ring (bicyclic) bond motifs is 1. The van der Waals surface area contributed by atoms with Gasteiger partial charge >= 0.3 is 0 Å². The van der Waals surface area contributed by atoms with Gasteiger partial charge in [0.2, 0.25) is 0 Å².